The van der Waals surface area contributed by atoms with Gasteiger partial charge in [-0.1, -0.05) is 14.4 Å². The summed E-state index contributed by atoms with van der Waals surface area (Å²) in [5, 5.41) is 10.00. The van der Waals surface area contributed by atoms with Crippen LogP contribution in [-0.4, -0.2) is 11.2 Å². The van der Waals surface area contributed by atoms with Crippen LogP contribution in [0.5, 0.6) is 0 Å². The zero-order chi connectivity index (χ0) is 3.41. The fourth-order valence-corrected chi connectivity index (χ4v) is 0. The lowest BCUT2D eigenvalue weighted by atomic mass is 11.7. The van der Waals surface area contributed by atoms with Gasteiger partial charge in [-0.25, -0.2) is 0 Å². The SMILES string of the molecule is O/N=C\P. The molecule has 4 heavy (non-hydrogen) atoms. The lowest BCUT2D eigenvalue weighted by molar-refractivity contribution is 0.323. The smallest absolute Gasteiger partial charge is 0.0604 e. The highest BCUT2D eigenvalue weighted by atomic mass is 31.0. The Morgan fingerprint density at radius 2 is 2.25 bits per heavy atom. The molecular formula is CH4NOP. The van der Waals surface area contributed by atoms with Crippen molar-refractivity contribution in [2.75, 3.05) is 0 Å². The van der Waals surface area contributed by atoms with E-state index in [2.05, 4.69) is 14.4 Å². The first kappa shape index (κ1) is 3.90. The third-order valence-electron chi connectivity index (χ3n) is 0.0667. The molecule has 1 atom stereocenters. The van der Waals surface area contributed by atoms with Crippen molar-refractivity contribution >= 4 is 15.2 Å². The van der Waals surface area contributed by atoms with Crippen LogP contribution < -0.4 is 0 Å². The molecule has 3 heteroatoms. The minimum atomic E-state index is 1.22. The number of hydrogen-bond donors (Lipinski definition) is 1. The topological polar surface area (TPSA) is 32.6 Å². The standard InChI is InChI=1S/CH4NOP/c3-2-1-4/h1,3H,4H2/b2-1-. The second kappa shape index (κ2) is 2.90. The van der Waals surface area contributed by atoms with Crippen LogP contribution >= 0.6 is 9.24 Å². The summed E-state index contributed by atoms with van der Waals surface area (Å²) >= 11 is 0. The summed E-state index contributed by atoms with van der Waals surface area (Å²) in [6.45, 7) is 0. The van der Waals surface area contributed by atoms with Gasteiger partial charge in [0.05, 0.1) is 5.96 Å². The van der Waals surface area contributed by atoms with Gasteiger partial charge in [-0.05, 0) is 0 Å². The van der Waals surface area contributed by atoms with Crippen molar-refractivity contribution in [1.82, 2.24) is 0 Å². The number of nitrogens with zero attached hydrogens (tertiary/aromatic N) is 1. The van der Waals surface area contributed by atoms with Crippen LogP contribution in [0.25, 0.3) is 0 Å². The molecular weight excluding hydrogens is 73.0 g/mol. The summed E-state index contributed by atoms with van der Waals surface area (Å²) in [5.41, 5.74) is 0. The van der Waals surface area contributed by atoms with Gasteiger partial charge in [0.25, 0.3) is 0 Å². The lowest BCUT2D eigenvalue weighted by Gasteiger charge is -1.54. The summed E-state index contributed by atoms with van der Waals surface area (Å²) in [7, 11) is 2.11. The first-order valence-corrected chi connectivity index (χ1v) is 1.46. The zero-order valence-electron chi connectivity index (χ0n) is 2.05. The van der Waals surface area contributed by atoms with Crippen molar-refractivity contribution in [3.8, 4) is 0 Å². The molecule has 0 fully saturated rings. The maximum atomic E-state index is 7.42. The summed E-state index contributed by atoms with van der Waals surface area (Å²) in [6.07, 6.45) is 0. The molecule has 0 aromatic carbocycles. The Hall–Kier alpha value is -0.100. The van der Waals surface area contributed by atoms with E-state index in [4.69, 9.17) is 5.21 Å². The fourth-order valence-electron chi connectivity index (χ4n) is 0. The molecule has 0 aromatic rings. The molecule has 0 aromatic heterocycles. The number of rotatable bonds is 0. The van der Waals surface area contributed by atoms with E-state index in [1.807, 2.05) is 0 Å². The quantitative estimate of drug-likeness (QED) is 0.191. The van der Waals surface area contributed by atoms with Crippen LogP contribution in [0, 0.1) is 0 Å². The van der Waals surface area contributed by atoms with Crippen LogP contribution in [-0.2, 0) is 0 Å². The molecule has 1 N–H and O–H groups in total. The predicted octanol–water partition coefficient (Wildman–Crippen LogP) is 0.279. The lowest BCUT2D eigenvalue weighted by Crippen LogP contribution is -1.42. The minimum absolute atomic E-state index is 1.22. The first-order valence-electron chi connectivity index (χ1n) is 0.792. The molecule has 0 aliphatic rings. The highest BCUT2D eigenvalue weighted by Gasteiger charge is 1.34. The molecule has 0 bridgehead atoms. The maximum Gasteiger partial charge on any atom is 0.0604 e. The Balaban J connectivity index is 2.55. The van der Waals surface area contributed by atoms with E-state index in [1.165, 1.54) is 5.96 Å². The molecule has 0 heterocycles. The van der Waals surface area contributed by atoms with Gasteiger partial charge >= 0.3 is 0 Å². The van der Waals surface area contributed by atoms with Crippen molar-refractivity contribution in [2.24, 2.45) is 5.16 Å². The summed E-state index contributed by atoms with van der Waals surface area (Å²) in [6, 6.07) is 0. The van der Waals surface area contributed by atoms with E-state index >= 15 is 0 Å². The molecule has 0 amide bonds. The molecule has 2 nitrogen and oxygen atoms in total. The summed E-state index contributed by atoms with van der Waals surface area (Å²) < 4.78 is 0. The zero-order valence-corrected chi connectivity index (χ0v) is 3.20. The number of hydrogen-bond acceptors (Lipinski definition) is 2. The highest BCUT2D eigenvalue weighted by molar-refractivity contribution is 7.36. The Morgan fingerprint density at radius 3 is 2.25 bits per heavy atom. The molecule has 1 unspecified atom stereocenters. The van der Waals surface area contributed by atoms with Crippen molar-refractivity contribution in [1.29, 1.82) is 0 Å². The Morgan fingerprint density at radius 1 is 2.00 bits per heavy atom. The van der Waals surface area contributed by atoms with Gasteiger partial charge in [0, 0.05) is 0 Å². The second-order valence-electron chi connectivity index (χ2n) is 0.265. The van der Waals surface area contributed by atoms with Crippen LogP contribution in [0.2, 0.25) is 0 Å². The molecule has 24 valence electrons. The highest BCUT2D eigenvalue weighted by Crippen LogP contribution is 1.61. The van der Waals surface area contributed by atoms with Crippen LogP contribution in [0.1, 0.15) is 0 Å². The van der Waals surface area contributed by atoms with Gasteiger partial charge in [0.2, 0.25) is 0 Å². The Kier molecular flexibility index (Phi) is 2.83. The van der Waals surface area contributed by atoms with Gasteiger partial charge < -0.3 is 5.21 Å². The maximum absolute atomic E-state index is 7.42. The van der Waals surface area contributed by atoms with Crippen molar-refractivity contribution in [3.05, 3.63) is 0 Å². The van der Waals surface area contributed by atoms with E-state index in [0.29, 0.717) is 0 Å². The van der Waals surface area contributed by atoms with Crippen LogP contribution in [0.3, 0.4) is 0 Å². The van der Waals surface area contributed by atoms with E-state index in [0.717, 1.165) is 0 Å². The normalized spacial score (nSPS) is 9.25. The van der Waals surface area contributed by atoms with Crippen molar-refractivity contribution in [2.45, 2.75) is 0 Å². The van der Waals surface area contributed by atoms with E-state index in [9.17, 15) is 0 Å². The molecule has 0 saturated heterocycles. The minimum Gasteiger partial charge on any atom is -0.411 e. The fraction of sp³-hybridized carbons (Fsp3) is 0. The second-order valence-corrected chi connectivity index (χ2v) is 0.563. The van der Waals surface area contributed by atoms with Gasteiger partial charge in [0.15, 0.2) is 0 Å². The van der Waals surface area contributed by atoms with Crippen LogP contribution in [0.15, 0.2) is 5.16 Å². The molecule has 0 aliphatic heterocycles. The predicted molar refractivity (Wildman–Crippen MR) is 20.0 cm³/mol. The van der Waals surface area contributed by atoms with Crippen molar-refractivity contribution < 1.29 is 5.21 Å². The molecule has 0 aliphatic carbocycles. The molecule has 0 spiro atoms. The van der Waals surface area contributed by atoms with Gasteiger partial charge in [0.1, 0.15) is 0 Å². The van der Waals surface area contributed by atoms with E-state index in [-0.39, 0.29) is 0 Å². The summed E-state index contributed by atoms with van der Waals surface area (Å²) in [4.78, 5) is 0. The third kappa shape index (κ3) is 1.90. The van der Waals surface area contributed by atoms with Gasteiger partial charge in [-0.15, -0.1) is 0 Å². The Labute approximate surface area is 26.7 Å². The first-order chi connectivity index (χ1) is 1.91. The number of oxime groups is 1. The van der Waals surface area contributed by atoms with E-state index in [1.54, 1.807) is 0 Å². The average molecular weight is 77.0 g/mol. The van der Waals surface area contributed by atoms with Crippen molar-refractivity contribution in [3.63, 3.8) is 0 Å². The molecule has 0 radical (unpaired) electrons. The molecule has 0 saturated carbocycles. The van der Waals surface area contributed by atoms with E-state index < -0.39 is 0 Å². The summed E-state index contributed by atoms with van der Waals surface area (Å²) in [5.74, 6) is 1.22. The Bertz CT molecular complexity index is 23.2. The van der Waals surface area contributed by atoms with Gasteiger partial charge in [-0.2, -0.15) is 0 Å². The third-order valence-corrected chi connectivity index (χ3v) is 0.200. The average Bonchev–Trinajstić information content (AvgIpc) is 1.37. The molecule has 0 rings (SSSR count). The van der Waals surface area contributed by atoms with Gasteiger partial charge in [-0.3, -0.25) is 0 Å². The largest absolute Gasteiger partial charge is 0.411 e. The monoisotopic (exact) mass is 77.0 g/mol. The van der Waals surface area contributed by atoms with Crippen LogP contribution in [0.4, 0.5) is 0 Å².